The molecule has 1 aromatic carbocycles. The van der Waals surface area contributed by atoms with Crippen LogP contribution in [0.15, 0.2) is 56.5 Å². The first kappa shape index (κ1) is 18.1. The van der Waals surface area contributed by atoms with Crippen molar-refractivity contribution >= 4 is 47.3 Å². The van der Waals surface area contributed by atoms with Gasteiger partial charge in [-0.15, -0.1) is 0 Å². The van der Waals surface area contributed by atoms with Crippen LogP contribution in [0.25, 0.3) is 6.08 Å². The van der Waals surface area contributed by atoms with Crippen LogP contribution in [-0.2, 0) is 14.3 Å². The molecular weight excluding hydrogens is 380 g/mol. The van der Waals surface area contributed by atoms with Crippen LogP contribution in [0.3, 0.4) is 0 Å². The molecule has 2 heterocycles. The molecule has 2 aromatic rings. The summed E-state index contributed by atoms with van der Waals surface area (Å²) in [6.07, 6.45) is 1.41. The Morgan fingerprint density at radius 3 is 2.69 bits per heavy atom. The second-order valence-corrected chi connectivity index (χ2v) is 6.68. The van der Waals surface area contributed by atoms with E-state index in [-0.39, 0.29) is 5.70 Å². The summed E-state index contributed by atoms with van der Waals surface area (Å²) in [6, 6.07) is 10.0. The lowest BCUT2D eigenvalue weighted by atomic mass is 10.3. The summed E-state index contributed by atoms with van der Waals surface area (Å²) < 4.78 is 10.1. The maximum atomic E-state index is 12.2. The Morgan fingerprint density at radius 1 is 1.27 bits per heavy atom. The Balaban J connectivity index is 1.71. The Labute approximate surface area is 157 Å². The van der Waals surface area contributed by atoms with Gasteiger partial charge in [0, 0.05) is 16.0 Å². The second kappa shape index (κ2) is 7.67. The molecule has 1 N–H and O–H groups in total. The maximum absolute atomic E-state index is 12.2. The van der Waals surface area contributed by atoms with Gasteiger partial charge < -0.3 is 14.5 Å². The van der Waals surface area contributed by atoms with Gasteiger partial charge in [0.15, 0.2) is 5.09 Å². The monoisotopic (exact) mass is 392 g/mol. The number of nitrogens with zero attached hydrogens (tertiary/aromatic N) is 1. The molecule has 0 saturated carbocycles. The van der Waals surface area contributed by atoms with E-state index in [2.05, 4.69) is 10.1 Å². The lowest BCUT2D eigenvalue weighted by Crippen LogP contribution is -2.36. The van der Waals surface area contributed by atoms with Gasteiger partial charge in [0.1, 0.15) is 18.0 Å². The molecule has 0 bridgehead atoms. The fraction of sp³-hybridized carbons (Fsp3) is 0.118. The lowest BCUT2D eigenvalue weighted by molar-refractivity contribution is -0.143. The quantitative estimate of drug-likeness (QED) is 0.477. The Kier molecular flexibility index (Phi) is 5.34. The van der Waals surface area contributed by atoms with Crippen LogP contribution in [0.2, 0.25) is 5.02 Å². The number of hydrogen-bond donors (Lipinski definition) is 1. The zero-order valence-electron chi connectivity index (χ0n) is 13.5. The highest BCUT2D eigenvalue weighted by atomic mass is 35.5. The number of benzene rings is 1. The van der Waals surface area contributed by atoms with Crippen molar-refractivity contribution in [3.63, 3.8) is 0 Å². The van der Waals surface area contributed by atoms with Crippen molar-refractivity contribution in [2.24, 2.45) is 0 Å². The third-order valence-electron chi connectivity index (χ3n) is 3.40. The van der Waals surface area contributed by atoms with Crippen LogP contribution in [0, 0.1) is 0 Å². The van der Waals surface area contributed by atoms with Crippen LogP contribution in [0.5, 0.6) is 0 Å². The molecule has 0 spiro atoms. The smallest absolute Gasteiger partial charge is 0.329 e. The molecule has 1 aliphatic heterocycles. The highest BCUT2D eigenvalue weighted by Gasteiger charge is 2.35. The molecule has 3 rings (SSSR count). The highest BCUT2D eigenvalue weighted by Crippen LogP contribution is 2.30. The normalized spacial score (nSPS) is 15.5. The predicted octanol–water partition coefficient (Wildman–Crippen LogP) is 3.15. The molecule has 1 aliphatic rings. The number of furan rings is 1. The summed E-state index contributed by atoms with van der Waals surface area (Å²) in [5.74, 6) is -0.914. The number of urea groups is 1. The number of methoxy groups -OCH3 is 1. The van der Waals surface area contributed by atoms with Crippen molar-refractivity contribution in [3.8, 4) is 0 Å². The van der Waals surface area contributed by atoms with Crippen LogP contribution in [-0.4, -0.2) is 36.5 Å². The number of ether oxygens (including phenoxy) is 1. The number of imide groups is 1. The Hall–Kier alpha value is -2.71. The van der Waals surface area contributed by atoms with E-state index in [0.29, 0.717) is 15.9 Å². The van der Waals surface area contributed by atoms with E-state index in [1.807, 2.05) is 12.1 Å². The third kappa shape index (κ3) is 4.09. The summed E-state index contributed by atoms with van der Waals surface area (Å²) >= 11 is 7.24. The molecule has 1 aromatic heterocycles. The van der Waals surface area contributed by atoms with Crippen molar-refractivity contribution in [2.75, 3.05) is 13.7 Å². The molecule has 26 heavy (non-hydrogen) atoms. The van der Waals surface area contributed by atoms with Crippen LogP contribution in [0.1, 0.15) is 5.76 Å². The number of amides is 3. The van der Waals surface area contributed by atoms with E-state index in [1.165, 1.54) is 24.9 Å². The van der Waals surface area contributed by atoms with Crippen molar-refractivity contribution in [1.29, 1.82) is 0 Å². The molecule has 134 valence electrons. The first-order chi connectivity index (χ1) is 12.5. The zero-order valence-corrected chi connectivity index (χ0v) is 15.1. The Bertz CT molecular complexity index is 891. The number of rotatable bonds is 5. The van der Waals surface area contributed by atoms with E-state index in [4.69, 9.17) is 16.0 Å². The van der Waals surface area contributed by atoms with Gasteiger partial charge in [0.2, 0.25) is 0 Å². The van der Waals surface area contributed by atoms with Crippen molar-refractivity contribution in [2.45, 2.75) is 9.99 Å². The Morgan fingerprint density at radius 2 is 2.00 bits per heavy atom. The van der Waals surface area contributed by atoms with Crippen LogP contribution in [0.4, 0.5) is 4.79 Å². The summed E-state index contributed by atoms with van der Waals surface area (Å²) in [5.41, 5.74) is 0.0243. The van der Waals surface area contributed by atoms with E-state index in [9.17, 15) is 14.4 Å². The molecule has 7 nitrogen and oxygen atoms in total. The standard InChI is InChI=1S/C17H13ClN2O5S/c1-24-14(21)9-20-16(22)13(19-17(20)23)8-11-4-7-15(25-11)26-12-5-2-10(18)3-6-12/h2-8H,9H2,1H3,(H,19,23)/b13-8+. The van der Waals surface area contributed by atoms with E-state index >= 15 is 0 Å². The summed E-state index contributed by atoms with van der Waals surface area (Å²) in [5, 5.41) is 3.66. The minimum atomic E-state index is -0.686. The highest BCUT2D eigenvalue weighted by molar-refractivity contribution is 7.99. The third-order valence-corrected chi connectivity index (χ3v) is 4.58. The van der Waals surface area contributed by atoms with Gasteiger partial charge in [-0.05, 0) is 36.4 Å². The number of halogens is 1. The van der Waals surface area contributed by atoms with Crippen LogP contribution >= 0.6 is 23.4 Å². The zero-order chi connectivity index (χ0) is 18.7. The van der Waals surface area contributed by atoms with Gasteiger partial charge in [-0.2, -0.15) is 0 Å². The SMILES string of the molecule is COC(=O)CN1C(=O)N/C(=C/c2ccc(Sc3ccc(Cl)cc3)o2)C1=O. The summed E-state index contributed by atoms with van der Waals surface area (Å²) in [6.45, 7) is -0.450. The van der Waals surface area contributed by atoms with E-state index < -0.39 is 24.5 Å². The van der Waals surface area contributed by atoms with Gasteiger partial charge in [-0.3, -0.25) is 9.59 Å². The minimum absolute atomic E-state index is 0.0243. The average molecular weight is 393 g/mol. The molecule has 9 heteroatoms. The molecule has 0 aliphatic carbocycles. The fourth-order valence-corrected chi connectivity index (χ4v) is 3.04. The number of carbonyl (C=O) groups excluding carboxylic acids is 3. The van der Waals surface area contributed by atoms with E-state index in [1.54, 1.807) is 24.3 Å². The van der Waals surface area contributed by atoms with Crippen molar-refractivity contribution < 1.29 is 23.5 Å². The molecular formula is C17H13ClN2O5S. The molecule has 1 saturated heterocycles. The average Bonchev–Trinajstić information content (AvgIpc) is 3.16. The van der Waals surface area contributed by atoms with Crippen LogP contribution < -0.4 is 5.32 Å². The lowest BCUT2D eigenvalue weighted by Gasteiger charge is -2.08. The first-order valence-electron chi connectivity index (χ1n) is 7.41. The molecule has 0 radical (unpaired) electrons. The molecule has 0 unspecified atom stereocenters. The number of esters is 1. The molecule has 0 atom stereocenters. The minimum Gasteiger partial charge on any atom is -0.468 e. The second-order valence-electron chi connectivity index (χ2n) is 5.17. The first-order valence-corrected chi connectivity index (χ1v) is 8.60. The van der Waals surface area contributed by atoms with Gasteiger partial charge >= 0.3 is 12.0 Å². The topological polar surface area (TPSA) is 88.8 Å². The summed E-state index contributed by atoms with van der Waals surface area (Å²) in [7, 11) is 1.18. The molecule has 3 amide bonds. The molecule has 1 fully saturated rings. The predicted molar refractivity (Wildman–Crippen MR) is 94.5 cm³/mol. The number of carbonyl (C=O) groups is 3. The van der Waals surface area contributed by atoms with Crippen molar-refractivity contribution in [1.82, 2.24) is 10.2 Å². The van der Waals surface area contributed by atoms with Gasteiger partial charge in [-0.25, -0.2) is 9.69 Å². The van der Waals surface area contributed by atoms with Crippen molar-refractivity contribution in [3.05, 3.63) is 52.9 Å². The van der Waals surface area contributed by atoms with Gasteiger partial charge in [-0.1, -0.05) is 23.4 Å². The fourth-order valence-electron chi connectivity index (χ4n) is 2.14. The maximum Gasteiger partial charge on any atom is 0.329 e. The summed E-state index contributed by atoms with van der Waals surface area (Å²) in [4.78, 5) is 37.0. The van der Waals surface area contributed by atoms with Gasteiger partial charge in [0.25, 0.3) is 5.91 Å². The largest absolute Gasteiger partial charge is 0.468 e. The number of nitrogens with one attached hydrogen (secondary N) is 1. The van der Waals surface area contributed by atoms with E-state index in [0.717, 1.165) is 9.80 Å². The number of hydrogen-bond acceptors (Lipinski definition) is 6. The van der Waals surface area contributed by atoms with Gasteiger partial charge in [0.05, 0.1) is 7.11 Å².